The lowest BCUT2D eigenvalue weighted by Crippen LogP contribution is -2.42. The highest BCUT2D eigenvalue weighted by Gasteiger charge is 2.20. The molecule has 0 radical (unpaired) electrons. The van der Waals surface area contributed by atoms with Crippen molar-refractivity contribution in [2.75, 3.05) is 19.7 Å². The van der Waals surface area contributed by atoms with Crippen LogP contribution in [0.4, 0.5) is 0 Å². The van der Waals surface area contributed by atoms with Gasteiger partial charge in [0, 0.05) is 6.04 Å². The number of unbranched alkanes of at least 4 members (excludes halogenated alkanes) is 1. The van der Waals surface area contributed by atoms with E-state index in [9.17, 15) is 5.11 Å². The van der Waals surface area contributed by atoms with Gasteiger partial charge in [0.1, 0.15) is 0 Å². The molecule has 0 aromatic heterocycles. The fourth-order valence-corrected chi connectivity index (χ4v) is 2.32. The first kappa shape index (κ1) is 12.9. The van der Waals surface area contributed by atoms with Crippen molar-refractivity contribution in [2.24, 2.45) is 5.73 Å². The largest absolute Gasteiger partial charge is 0.395 e. The number of nitrogens with zero attached hydrogens (tertiary/aromatic N) is 1. The maximum absolute atomic E-state index is 9.22. The van der Waals surface area contributed by atoms with Crippen molar-refractivity contribution in [3.8, 4) is 0 Å². The molecular formula is C11H22N2OS. The lowest BCUT2D eigenvalue weighted by Gasteiger charge is -2.34. The third-order valence-corrected chi connectivity index (χ3v) is 3.28. The molecule has 0 saturated carbocycles. The minimum atomic E-state index is 0.301. The maximum atomic E-state index is 9.22. The Morgan fingerprint density at radius 2 is 2.20 bits per heavy atom. The summed E-state index contributed by atoms with van der Waals surface area (Å²) in [6, 6.07) is 0.392. The first-order valence-electron chi connectivity index (χ1n) is 5.87. The Kier molecular flexibility index (Phi) is 6.13. The van der Waals surface area contributed by atoms with Crippen LogP contribution in [0.1, 0.15) is 38.5 Å². The average molecular weight is 230 g/mol. The third kappa shape index (κ3) is 4.91. The zero-order valence-corrected chi connectivity index (χ0v) is 10.1. The van der Waals surface area contributed by atoms with Gasteiger partial charge in [-0.05, 0) is 45.2 Å². The SMILES string of the molecule is NC(=S)CCCCN1CCCCC1CO. The highest BCUT2D eigenvalue weighted by molar-refractivity contribution is 7.80. The molecule has 0 aromatic carbocycles. The molecule has 0 amide bonds. The maximum Gasteiger partial charge on any atom is 0.0727 e. The summed E-state index contributed by atoms with van der Waals surface area (Å²) >= 11 is 4.84. The average Bonchev–Trinajstić information content (AvgIpc) is 2.24. The predicted molar refractivity (Wildman–Crippen MR) is 66.9 cm³/mol. The van der Waals surface area contributed by atoms with Crippen molar-refractivity contribution in [1.29, 1.82) is 0 Å². The number of aliphatic hydroxyl groups excluding tert-OH is 1. The Morgan fingerprint density at radius 1 is 1.40 bits per heavy atom. The van der Waals surface area contributed by atoms with Crippen LogP contribution in [0.15, 0.2) is 0 Å². The lowest BCUT2D eigenvalue weighted by molar-refractivity contribution is 0.0889. The Morgan fingerprint density at radius 3 is 2.87 bits per heavy atom. The van der Waals surface area contributed by atoms with Gasteiger partial charge in [0.15, 0.2) is 0 Å². The third-order valence-electron chi connectivity index (χ3n) is 3.08. The van der Waals surface area contributed by atoms with Crippen LogP contribution in [-0.2, 0) is 0 Å². The predicted octanol–water partition coefficient (Wildman–Crippen LogP) is 1.29. The van der Waals surface area contributed by atoms with Gasteiger partial charge < -0.3 is 10.8 Å². The van der Waals surface area contributed by atoms with Crippen LogP contribution in [-0.4, -0.2) is 40.7 Å². The normalized spacial score (nSPS) is 22.9. The highest BCUT2D eigenvalue weighted by Crippen LogP contribution is 2.17. The number of hydrogen-bond acceptors (Lipinski definition) is 3. The summed E-state index contributed by atoms with van der Waals surface area (Å²) in [6.07, 6.45) is 6.73. The number of rotatable bonds is 6. The Hall–Kier alpha value is -0.190. The van der Waals surface area contributed by atoms with Crippen LogP contribution >= 0.6 is 12.2 Å². The van der Waals surface area contributed by atoms with Crippen LogP contribution in [0, 0.1) is 0 Å². The molecule has 88 valence electrons. The number of thiocarbonyl (C=S) groups is 1. The highest BCUT2D eigenvalue weighted by atomic mass is 32.1. The molecule has 0 aliphatic carbocycles. The fourth-order valence-electron chi connectivity index (χ4n) is 2.18. The molecule has 1 saturated heterocycles. The van der Waals surface area contributed by atoms with E-state index in [1.54, 1.807) is 0 Å². The van der Waals surface area contributed by atoms with Gasteiger partial charge >= 0.3 is 0 Å². The van der Waals surface area contributed by atoms with E-state index in [4.69, 9.17) is 18.0 Å². The molecule has 15 heavy (non-hydrogen) atoms. The first-order valence-corrected chi connectivity index (χ1v) is 6.28. The zero-order chi connectivity index (χ0) is 11.1. The van der Waals surface area contributed by atoms with Crippen molar-refractivity contribution >= 4 is 17.2 Å². The summed E-state index contributed by atoms with van der Waals surface area (Å²) in [4.78, 5) is 3.02. The number of piperidine rings is 1. The van der Waals surface area contributed by atoms with Crippen LogP contribution in [0.3, 0.4) is 0 Å². The molecule has 4 heteroatoms. The van der Waals surface area contributed by atoms with E-state index < -0.39 is 0 Å². The van der Waals surface area contributed by atoms with Crippen LogP contribution in [0.5, 0.6) is 0 Å². The van der Waals surface area contributed by atoms with Gasteiger partial charge in [-0.3, -0.25) is 4.90 Å². The first-order chi connectivity index (χ1) is 7.24. The monoisotopic (exact) mass is 230 g/mol. The summed E-state index contributed by atoms with van der Waals surface area (Å²) in [5.74, 6) is 0. The van der Waals surface area contributed by atoms with Gasteiger partial charge in [-0.15, -0.1) is 0 Å². The van der Waals surface area contributed by atoms with E-state index in [0.717, 1.165) is 38.8 Å². The molecule has 1 aliphatic heterocycles. The summed E-state index contributed by atoms with van der Waals surface area (Å²) in [5.41, 5.74) is 5.44. The number of likely N-dealkylation sites (tertiary alicyclic amines) is 1. The van der Waals surface area contributed by atoms with Crippen molar-refractivity contribution in [1.82, 2.24) is 4.90 Å². The van der Waals surface area contributed by atoms with Gasteiger partial charge in [-0.25, -0.2) is 0 Å². The standard InChI is InChI=1S/C11H22N2OS/c12-11(15)6-2-4-8-13-7-3-1-5-10(13)9-14/h10,14H,1-9H2,(H2,12,15). The Bertz CT molecular complexity index is 199. The Labute approximate surface area is 97.6 Å². The molecule has 1 aliphatic rings. The topological polar surface area (TPSA) is 49.5 Å². The van der Waals surface area contributed by atoms with E-state index in [1.165, 1.54) is 12.8 Å². The van der Waals surface area contributed by atoms with E-state index in [-0.39, 0.29) is 0 Å². The van der Waals surface area contributed by atoms with Crippen molar-refractivity contribution < 1.29 is 5.11 Å². The van der Waals surface area contributed by atoms with Crippen molar-refractivity contribution in [3.63, 3.8) is 0 Å². The second-order valence-electron chi connectivity index (χ2n) is 4.29. The van der Waals surface area contributed by atoms with Crippen molar-refractivity contribution in [3.05, 3.63) is 0 Å². The summed E-state index contributed by atoms with van der Waals surface area (Å²) < 4.78 is 0. The van der Waals surface area contributed by atoms with E-state index in [2.05, 4.69) is 4.90 Å². The van der Waals surface area contributed by atoms with Crippen molar-refractivity contribution in [2.45, 2.75) is 44.6 Å². The summed E-state index contributed by atoms with van der Waals surface area (Å²) in [7, 11) is 0. The summed E-state index contributed by atoms with van der Waals surface area (Å²) in [6.45, 7) is 2.52. The second-order valence-corrected chi connectivity index (χ2v) is 4.82. The molecular weight excluding hydrogens is 208 g/mol. The van der Waals surface area contributed by atoms with E-state index in [0.29, 0.717) is 17.6 Å². The zero-order valence-electron chi connectivity index (χ0n) is 9.32. The molecule has 3 N–H and O–H groups in total. The van der Waals surface area contributed by atoms with E-state index >= 15 is 0 Å². The van der Waals surface area contributed by atoms with Crippen LogP contribution in [0.25, 0.3) is 0 Å². The van der Waals surface area contributed by atoms with Crippen LogP contribution in [0.2, 0.25) is 0 Å². The molecule has 1 fully saturated rings. The number of nitrogens with two attached hydrogens (primary N) is 1. The van der Waals surface area contributed by atoms with Gasteiger partial charge in [-0.2, -0.15) is 0 Å². The molecule has 0 bridgehead atoms. The quantitative estimate of drug-likeness (QED) is 0.533. The number of hydrogen-bond donors (Lipinski definition) is 2. The minimum absolute atomic E-state index is 0.301. The van der Waals surface area contributed by atoms with Gasteiger partial charge in [0.25, 0.3) is 0 Å². The van der Waals surface area contributed by atoms with E-state index in [1.807, 2.05) is 0 Å². The van der Waals surface area contributed by atoms with Crippen LogP contribution < -0.4 is 5.73 Å². The van der Waals surface area contributed by atoms with Gasteiger partial charge in [0.05, 0.1) is 11.6 Å². The minimum Gasteiger partial charge on any atom is -0.395 e. The molecule has 0 aromatic rings. The summed E-state index contributed by atoms with van der Waals surface area (Å²) in [5, 5.41) is 9.22. The molecule has 1 rings (SSSR count). The molecule has 1 atom stereocenters. The lowest BCUT2D eigenvalue weighted by atomic mass is 10.0. The smallest absolute Gasteiger partial charge is 0.0727 e. The molecule has 0 spiro atoms. The molecule has 1 unspecified atom stereocenters. The fraction of sp³-hybridized carbons (Fsp3) is 0.909. The van der Waals surface area contributed by atoms with Gasteiger partial charge in [0.2, 0.25) is 0 Å². The second kappa shape index (κ2) is 7.14. The molecule has 1 heterocycles. The van der Waals surface area contributed by atoms with Gasteiger partial charge in [-0.1, -0.05) is 18.6 Å². The number of aliphatic hydroxyl groups is 1. The Balaban J connectivity index is 2.15. The molecule has 3 nitrogen and oxygen atoms in total.